The molecule has 14 heteroatoms. The number of ether oxygens (including phenoxy) is 9. The summed E-state index contributed by atoms with van der Waals surface area (Å²) < 4.78 is 53.2. The standard InChI is InChI=1S/C37H53NO13/c1-21-19-37(45-9,51-23(3)22(21)2)32(50-35(42)25-14-11-10-12-15-25)33(41)38-34-30-29(46-20-47-34)31(44-8)36(5,6)27(49-30)18-26(48-24(4)39)16-13-17-28(40)43-7/h10-12,14-15,22-23,26-27,29-32,34H,1,13,16-20H2,2-9H3,(H,38,41)/t22-,23-,26-,27-,29+,30+,31-,32-,34-,37-/m1/s1. The monoisotopic (exact) mass is 719 g/mol. The van der Waals surface area contributed by atoms with E-state index in [4.69, 9.17) is 42.6 Å². The highest BCUT2D eigenvalue weighted by Crippen LogP contribution is 2.44. The Bertz CT molecular complexity index is 1390. The van der Waals surface area contributed by atoms with E-state index in [1.54, 1.807) is 37.4 Å². The van der Waals surface area contributed by atoms with E-state index in [2.05, 4.69) is 11.9 Å². The smallest absolute Gasteiger partial charge is 0.339 e. The highest BCUT2D eigenvalue weighted by atomic mass is 16.7. The third kappa shape index (κ3) is 9.34. The van der Waals surface area contributed by atoms with Gasteiger partial charge in [-0.25, -0.2) is 4.79 Å². The van der Waals surface area contributed by atoms with Crippen LogP contribution in [0.5, 0.6) is 0 Å². The summed E-state index contributed by atoms with van der Waals surface area (Å²) in [6, 6.07) is 8.29. The number of esters is 3. The SMILES string of the molecule is C=C1C[C@](OC)([C@H](OC(=O)c2ccccc2)C(=O)N[C@@H]2OCO[C@H]3[C@@H]2O[C@H](C[C@@H](CCCC(=O)OC)OC(C)=O)C(C)(C)[C@@H]3OC)O[C@H](C)[C@@H]1C. The maximum atomic E-state index is 14.4. The second-order valence-electron chi connectivity index (χ2n) is 14.0. The number of hydrogen-bond donors (Lipinski definition) is 1. The lowest BCUT2D eigenvalue weighted by Crippen LogP contribution is -2.69. The van der Waals surface area contributed by atoms with Gasteiger partial charge in [0.15, 0.2) is 6.23 Å². The molecule has 3 heterocycles. The van der Waals surface area contributed by atoms with Crippen molar-refractivity contribution in [1.82, 2.24) is 5.32 Å². The van der Waals surface area contributed by atoms with Gasteiger partial charge in [-0.3, -0.25) is 14.4 Å². The van der Waals surface area contributed by atoms with Gasteiger partial charge in [0.2, 0.25) is 11.9 Å². The lowest BCUT2D eigenvalue weighted by Gasteiger charge is -2.54. The van der Waals surface area contributed by atoms with Crippen LogP contribution >= 0.6 is 0 Å². The molecule has 0 aliphatic carbocycles. The van der Waals surface area contributed by atoms with E-state index in [1.807, 2.05) is 27.7 Å². The Balaban J connectivity index is 1.62. The van der Waals surface area contributed by atoms with Crippen molar-refractivity contribution in [1.29, 1.82) is 0 Å². The van der Waals surface area contributed by atoms with Crippen LogP contribution in [0.4, 0.5) is 0 Å². The molecule has 1 aromatic rings. The van der Waals surface area contributed by atoms with Crippen molar-refractivity contribution in [2.75, 3.05) is 28.1 Å². The maximum absolute atomic E-state index is 14.4. The first-order chi connectivity index (χ1) is 24.2. The Hall–Kier alpha value is -3.40. The Morgan fingerprint density at radius 2 is 1.73 bits per heavy atom. The molecule has 3 aliphatic heterocycles. The number of carbonyl (C=O) groups excluding carboxylic acids is 4. The first-order valence-electron chi connectivity index (χ1n) is 17.3. The molecular formula is C37H53NO13. The van der Waals surface area contributed by atoms with E-state index < -0.39 is 78.0 Å². The van der Waals surface area contributed by atoms with E-state index in [9.17, 15) is 19.2 Å². The molecule has 0 saturated carbocycles. The molecule has 51 heavy (non-hydrogen) atoms. The lowest BCUT2D eigenvalue weighted by molar-refractivity contribution is -0.333. The Kier molecular flexibility index (Phi) is 13.8. The molecule has 284 valence electrons. The Morgan fingerprint density at radius 1 is 1.02 bits per heavy atom. The number of rotatable bonds is 14. The maximum Gasteiger partial charge on any atom is 0.339 e. The summed E-state index contributed by atoms with van der Waals surface area (Å²) >= 11 is 0. The third-order valence-electron chi connectivity index (χ3n) is 10.2. The fourth-order valence-corrected chi connectivity index (χ4v) is 7.09. The molecule has 4 rings (SSSR count). The zero-order chi connectivity index (χ0) is 37.5. The number of nitrogens with one attached hydrogen (secondary N) is 1. The van der Waals surface area contributed by atoms with Crippen molar-refractivity contribution in [2.45, 2.75) is 121 Å². The first kappa shape index (κ1) is 40.4. The van der Waals surface area contributed by atoms with Crippen LogP contribution < -0.4 is 5.32 Å². The number of fused-ring (bicyclic) bond motifs is 1. The minimum atomic E-state index is -1.70. The zero-order valence-corrected chi connectivity index (χ0v) is 30.8. The van der Waals surface area contributed by atoms with Crippen molar-refractivity contribution in [2.24, 2.45) is 11.3 Å². The van der Waals surface area contributed by atoms with Gasteiger partial charge in [0.25, 0.3) is 5.91 Å². The zero-order valence-electron chi connectivity index (χ0n) is 30.8. The summed E-state index contributed by atoms with van der Waals surface area (Å²) in [4.78, 5) is 51.6. The second-order valence-corrected chi connectivity index (χ2v) is 14.0. The molecule has 1 amide bonds. The molecule has 3 saturated heterocycles. The van der Waals surface area contributed by atoms with Crippen molar-refractivity contribution in [3.05, 3.63) is 48.0 Å². The summed E-state index contributed by atoms with van der Waals surface area (Å²) in [6.07, 6.45) is -5.06. The molecular weight excluding hydrogens is 666 g/mol. The van der Waals surface area contributed by atoms with Gasteiger partial charge in [0, 0.05) is 51.7 Å². The van der Waals surface area contributed by atoms with Crippen LogP contribution in [0, 0.1) is 11.3 Å². The average Bonchev–Trinajstić information content (AvgIpc) is 3.09. The number of hydrogen-bond acceptors (Lipinski definition) is 13. The van der Waals surface area contributed by atoms with Crippen LogP contribution in [-0.2, 0) is 57.0 Å². The minimum Gasteiger partial charge on any atom is -0.469 e. The van der Waals surface area contributed by atoms with Crippen LogP contribution in [0.25, 0.3) is 0 Å². The quantitative estimate of drug-likeness (QED) is 0.168. The van der Waals surface area contributed by atoms with E-state index >= 15 is 0 Å². The summed E-state index contributed by atoms with van der Waals surface area (Å²) in [5.74, 6) is -4.07. The number of methoxy groups -OCH3 is 3. The van der Waals surface area contributed by atoms with Crippen LogP contribution in [-0.4, -0.2) is 107 Å². The summed E-state index contributed by atoms with van der Waals surface area (Å²) in [7, 11) is 4.27. The highest BCUT2D eigenvalue weighted by Gasteiger charge is 2.58. The third-order valence-corrected chi connectivity index (χ3v) is 10.2. The summed E-state index contributed by atoms with van der Waals surface area (Å²) in [6.45, 7) is 13.0. The molecule has 0 aromatic heterocycles. The topological polar surface area (TPSA) is 163 Å². The molecule has 0 unspecified atom stereocenters. The molecule has 0 spiro atoms. The van der Waals surface area contributed by atoms with Gasteiger partial charge < -0.3 is 47.9 Å². The molecule has 10 atom stereocenters. The van der Waals surface area contributed by atoms with Crippen LogP contribution in [0.1, 0.15) is 77.1 Å². The predicted molar refractivity (Wildman–Crippen MR) is 181 cm³/mol. The van der Waals surface area contributed by atoms with Crippen molar-refractivity contribution in [3.63, 3.8) is 0 Å². The Labute approximate surface area is 299 Å². The molecule has 1 N–H and O–H groups in total. The number of carbonyl (C=O) groups is 4. The van der Waals surface area contributed by atoms with Crippen molar-refractivity contribution < 1.29 is 61.8 Å². The fraction of sp³-hybridized carbons (Fsp3) is 0.676. The number of amides is 1. The molecule has 14 nitrogen and oxygen atoms in total. The van der Waals surface area contributed by atoms with Crippen molar-refractivity contribution >= 4 is 23.8 Å². The van der Waals surface area contributed by atoms with Crippen molar-refractivity contribution in [3.8, 4) is 0 Å². The highest BCUT2D eigenvalue weighted by molar-refractivity contribution is 5.92. The lowest BCUT2D eigenvalue weighted by atomic mass is 9.72. The van der Waals surface area contributed by atoms with Gasteiger partial charge >= 0.3 is 17.9 Å². The van der Waals surface area contributed by atoms with Crippen LogP contribution in [0.2, 0.25) is 0 Å². The van der Waals surface area contributed by atoms with E-state index in [0.29, 0.717) is 12.8 Å². The van der Waals surface area contributed by atoms with E-state index in [0.717, 1.165) is 5.57 Å². The normalized spacial score (nSPS) is 31.4. The van der Waals surface area contributed by atoms with Gasteiger partial charge in [-0.1, -0.05) is 51.1 Å². The van der Waals surface area contributed by atoms with Gasteiger partial charge in [0.05, 0.1) is 31.0 Å². The van der Waals surface area contributed by atoms with E-state index in [-0.39, 0.29) is 43.5 Å². The van der Waals surface area contributed by atoms with Gasteiger partial charge in [0.1, 0.15) is 25.1 Å². The number of benzene rings is 1. The molecule has 1 aromatic carbocycles. The van der Waals surface area contributed by atoms with Gasteiger partial charge in [-0.15, -0.1) is 0 Å². The molecule has 3 aliphatic rings. The minimum absolute atomic E-state index is 0.0421. The first-order valence-corrected chi connectivity index (χ1v) is 17.3. The fourth-order valence-electron chi connectivity index (χ4n) is 7.09. The van der Waals surface area contributed by atoms with Gasteiger partial charge in [-0.2, -0.15) is 0 Å². The largest absolute Gasteiger partial charge is 0.469 e. The Morgan fingerprint density at radius 3 is 2.33 bits per heavy atom. The molecule has 3 fully saturated rings. The van der Waals surface area contributed by atoms with E-state index in [1.165, 1.54) is 21.1 Å². The van der Waals surface area contributed by atoms with Crippen LogP contribution in [0.3, 0.4) is 0 Å². The summed E-state index contributed by atoms with van der Waals surface area (Å²) in [5.41, 5.74) is 0.334. The second kappa shape index (κ2) is 17.4. The van der Waals surface area contributed by atoms with Gasteiger partial charge in [-0.05, 0) is 31.9 Å². The molecule has 0 radical (unpaired) electrons. The van der Waals surface area contributed by atoms with Crippen LogP contribution in [0.15, 0.2) is 42.5 Å². The summed E-state index contributed by atoms with van der Waals surface area (Å²) in [5, 5.41) is 2.88. The molecule has 0 bridgehead atoms. The predicted octanol–water partition coefficient (Wildman–Crippen LogP) is 3.84. The average molecular weight is 720 g/mol.